The minimum Gasteiger partial charge on any atom is -0.387 e. The second-order valence-electron chi connectivity index (χ2n) is 5.91. The predicted molar refractivity (Wildman–Crippen MR) is 105 cm³/mol. The Hall–Kier alpha value is -2.15. The van der Waals surface area contributed by atoms with Gasteiger partial charge in [0.1, 0.15) is 0 Å². The number of hydrogen-bond acceptors (Lipinski definition) is 4. The summed E-state index contributed by atoms with van der Waals surface area (Å²) in [6.45, 7) is 3.70. The third kappa shape index (κ3) is 5.16. The number of thiocarbonyl (C=S) groups is 1. The van der Waals surface area contributed by atoms with Crippen LogP contribution in [0.4, 0.5) is 11.4 Å². The van der Waals surface area contributed by atoms with Crippen LogP contribution in [0.15, 0.2) is 54.6 Å². The lowest BCUT2D eigenvalue weighted by Gasteiger charge is -2.29. The van der Waals surface area contributed by atoms with Gasteiger partial charge in [-0.25, -0.2) is 0 Å². The van der Waals surface area contributed by atoms with Crippen LogP contribution < -0.4 is 15.5 Å². The normalized spacial score (nSPS) is 15.5. The maximum absolute atomic E-state index is 10.4. The number of ether oxygens (including phenoxy) is 1. The zero-order valence-corrected chi connectivity index (χ0v) is 14.8. The Morgan fingerprint density at radius 1 is 1.08 bits per heavy atom. The van der Waals surface area contributed by atoms with Crippen LogP contribution in [-0.4, -0.2) is 43.1 Å². The van der Waals surface area contributed by atoms with E-state index in [1.54, 1.807) is 0 Å². The summed E-state index contributed by atoms with van der Waals surface area (Å²) in [5.41, 5.74) is 2.95. The number of benzene rings is 2. The average Bonchev–Trinajstić information content (AvgIpc) is 2.68. The van der Waals surface area contributed by atoms with E-state index in [2.05, 4.69) is 15.5 Å². The third-order valence-electron chi connectivity index (χ3n) is 4.14. The molecular weight excluding hydrogens is 334 g/mol. The highest BCUT2D eigenvalue weighted by molar-refractivity contribution is 7.80. The molecule has 1 aliphatic heterocycles. The fraction of sp³-hybridized carbons (Fsp3) is 0.316. The van der Waals surface area contributed by atoms with Crippen molar-refractivity contribution >= 4 is 28.7 Å². The third-order valence-corrected chi connectivity index (χ3v) is 4.39. The predicted octanol–water partition coefficient (Wildman–Crippen LogP) is 2.54. The van der Waals surface area contributed by atoms with Crippen LogP contribution in [0.2, 0.25) is 0 Å². The van der Waals surface area contributed by atoms with Crippen LogP contribution in [0.3, 0.4) is 0 Å². The van der Waals surface area contributed by atoms with Crippen molar-refractivity contribution in [3.8, 4) is 0 Å². The van der Waals surface area contributed by atoms with Crippen molar-refractivity contribution in [3.63, 3.8) is 0 Å². The Bertz CT molecular complexity index is 673. The van der Waals surface area contributed by atoms with Gasteiger partial charge in [-0.05, 0) is 42.0 Å². The van der Waals surface area contributed by atoms with Gasteiger partial charge in [0.15, 0.2) is 5.11 Å². The van der Waals surface area contributed by atoms with Crippen LogP contribution in [0.1, 0.15) is 11.7 Å². The van der Waals surface area contributed by atoms with Crippen molar-refractivity contribution in [1.82, 2.24) is 5.32 Å². The summed E-state index contributed by atoms with van der Waals surface area (Å²) in [6.07, 6.45) is -0.616. The van der Waals surface area contributed by atoms with Crippen molar-refractivity contribution in [3.05, 3.63) is 60.2 Å². The summed E-state index contributed by atoms with van der Waals surface area (Å²) in [7, 11) is 0. The Balaban J connectivity index is 1.49. The van der Waals surface area contributed by atoms with Crippen LogP contribution in [0.25, 0.3) is 0 Å². The molecule has 6 heteroatoms. The fourth-order valence-corrected chi connectivity index (χ4v) is 2.93. The first-order chi connectivity index (χ1) is 12.2. The van der Waals surface area contributed by atoms with Crippen LogP contribution in [0, 0.1) is 0 Å². The summed E-state index contributed by atoms with van der Waals surface area (Å²) >= 11 is 5.26. The molecule has 1 heterocycles. The maximum atomic E-state index is 10.4. The van der Waals surface area contributed by atoms with E-state index < -0.39 is 6.10 Å². The highest BCUT2D eigenvalue weighted by Crippen LogP contribution is 2.20. The standard InChI is InChI=1S/C19H23N3O2S/c23-18(14-20-19(25)21-16-4-2-1-3-5-16)15-6-8-17(9-7-15)22-10-12-24-13-11-22/h1-9,18,23H,10-14H2,(H2,20,21,25). The Kier molecular flexibility index (Phi) is 6.22. The number of rotatable bonds is 5. The molecule has 0 aromatic heterocycles. The lowest BCUT2D eigenvalue weighted by Crippen LogP contribution is -2.36. The Morgan fingerprint density at radius 3 is 2.44 bits per heavy atom. The molecule has 1 fully saturated rings. The zero-order chi connectivity index (χ0) is 17.5. The number of nitrogens with zero attached hydrogens (tertiary/aromatic N) is 1. The Morgan fingerprint density at radius 2 is 1.76 bits per heavy atom. The SMILES string of the molecule is OC(CNC(=S)Nc1ccccc1)c1ccc(N2CCOCC2)cc1. The van der Waals surface area contributed by atoms with E-state index in [0.29, 0.717) is 11.7 Å². The van der Waals surface area contributed by atoms with Crippen LogP contribution in [0.5, 0.6) is 0 Å². The van der Waals surface area contributed by atoms with Gasteiger partial charge in [-0.1, -0.05) is 30.3 Å². The van der Waals surface area contributed by atoms with Gasteiger partial charge in [0, 0.05) is 31.0 Å². The lowest BCUT2D eigenvalue weighted by molar-refractivity contribution is 0.122. The minimum absolute atomic E-state index is 0.357. The van der Waals surface area contributed by atoms with Gasteiger partial charge in [0.05, 0.1) is 19.3 Å². The van der Waals surface area contributed by atoms with E-state index in [4.69, 9.17) is 17.0 Å². The van der Waals surface area contributed by atoms with Gasteiger partial charge in [-0.2, -0.15) is 0 Å². The van der Waals surface area contributed by atoms with Crippen molar-refractivity contribution in [2.45, 2.75) is 6.10 Å². The fourth-order valence-electron chi connectivity index (χ4n) is 2.73. The maximum Gasteiger partial charge on any atom is 0.170 e. The Labute approximate surface area is 153 Å². The molecule has 1 unspecified atom stereocenters. The van der Waals surface area contributed by atoms with E-state index in [-0.39, 0.29) is 0 Å². The number of aliphatic hydroxyl groups is 1. The average molecular weight is 357 g/mol. The molecule has 0 saturated carbocycles. The van der Waals surface area contributed by atoms with Gasteiger partial charge >= 0.3 is 0 Å². The first-order valence-corrected chi connectivity index (χ1v) is 8.84. The molecular formula is C19H23N3O2S. The molecule has 0 spiro atoms. The molecule has 0 aliphatic carbocycles. The van der Waals surface area contributed by atoms with Crippen molar-refractivity contribution < 1.29 is 9.84 Å². The number of nitrogens with one attached hydrogen (secondary N) is 2. The second-order valence-corrected chi connectivity index (χ2v) is 6.32. The minimum atomic E-state index is -0.616. The van der Waals surface area contributed by atoms with Gasteiger partial charge in [-0.3, -0.25) is 0 Å². The molecule has 1 saturated heterocycles. The summed E-state index contributed by atoms with van der Waals surface area (Å²) in [5.74, 6) is 0. The molecule has 1 atom stereocenters. The van der Waals surface area contributed by atoms with E-state index in [0.717, 1.165) is 43.2 Å². The van der Waals surface area contributed by atoms with Crippen molar-refractivity contribution in [2.75, 3.05) is 43.1 Å². The van der Waals surface area contributed by atoms with Gasteiger partial charge in [0.2, 0.25) is 0 Å². The largest absolute Gasteiger partial charge is 0.387 e. The quantitative estimate of drug-likeness (QED) is 0.715. The summed E-state index contributed by atoms with van der Waals surface area (Å²) < 4.78 is 5.37. The van der Waals surface area contributed by atoms with Gasteiger partial charge in [-0.15, -0.1) is 0 Å². The molecule has 5 nitrogen and oxygen atoms in total. The van der Waals surface area contributed by atoms with Gasteiger partial charge in [0.25, 0.3) is 0 Å². The topological polar surface area (TPSA) is 56.8 Å². The molecule has 2 aromatic rings. The number of hydrogen-bond donors (Lipinski definition) is 3. The smallest absolute Gasteiger partial charge is 0.170 e. The van der Waals surface area contributed by atoms with Crippen LogP contribution >= 0.6 is 12.2 Å². The number of aliphatic hydroxyl groups excluding tert-OH is 1. The van der Waals surface area contributed by atoms with E-state index in [1.165, 1.54) is 0 Å². The van der Waals surface area contributed by atoms with E-state index in [1.807, 2.05) is 54.6 Å². The van der Waals surface area contributed by atoms with Crippen molar-refractivity contribution in [1.29, 1.82) is 0 Å². The molecule has 0 amide bonds. The summed E-state index contributed by atoms with van der Waals surface area (Å²) in [6, 6.07) is 17.7. The second kappa shape index (κ2) is 8.80. The molecule has 25 heavy (non-hydrogen) atoms. The highest BCUT2D eigenvalue weighted by atomic mass is 32.1. The summed E-state index contributed by atoms with van der Waals surface area (Å²) in [4.78, 5) is 2.29. The lowest BCUT2D eigenvalue weighted by atomic mass is 10.1. The molecule has 0 radical (unpaired) electrons. The van der Waals surface area contributed by atoms with Crippen LogP contribution in [-0.2, 0) is 4.74 Å². The molecule has 1 aliphatic rings. The van der Waals surface area contributed by atoms with Gasteiger partial charge < -0.3 is 25.4 Å². The highest BCUT2D eigenvalue weighted by Gasteiger charge is 2.13. The molecule has 3 N–H and O–H groups in total. The first kappa shape index (κ1) is 17.7. The molecule has 3 rings (SSSR count). The number of morpholine rings is 1. The monoisotopic (exact) mass is 357 g/mol. The zero-order valence-electron chi connectivity index (χ0n) is 14.0. The molecule has 2 aromatic carbocycles. The number of para-hydroxylation sites is 1. The number of anilines is 2. The van der Waals surface area contributed by atoms with E-state index >= 15 is 0 Å². The summed E-state index contributed by atoms with van der Waals surface area (Å²) in [5, 5.41) is 17.0. The first-order valence-electron chi connectivity index (χ1n) is 8.43. The van der Waals surface area contributed by atoms with E-state index in [9.17, 15) is 5.11 Å². The molecule has 0 bridgehead atoms. The van der Waals surface area contributed by atoms with Crippen molar-refractivity contribution in [2.24, 2.45) is 0 Å². The molecule has 132 valence electrons.